The number of pyridine rings is 1. The Morgan fingerprint density at radius 1 is 1.39 bits per heavy atom. The van der Waals surface area contributed by atoms with Crippen molar-refractivity contribution < 1.29 is 13.2 Å². The summed E-state index contributed by atoms with van der Waals surface area (Å²) < 4.78 is 34.3. The van der Waals surface area contributed by atoms with Gasteiger partial charge in [0.2, 0.25) is 0 Å². The molecule has 7 nitrogen and oxygen atoms in total. The molecule has 0 bridgehead atoms. The van der Waals surface area contributed by atoms with Crippen LogP contribution in [0.1, 0.15) is 25.8 Å². The molecule has 2 atom stereocenters. The first-order chi connectivity index (χ1) is 11.0. The topological polar surface area (TPSA) is 83.6 Å². The fourth-order valence-electron chi connectivity index (χ4n) is 2.44. The molecule has 2 N–H and O–H groups in total. The largest absolute Gasteiger partial charge is 0.375 e. The Labute approximate surface area is 138 Å². The van der Waals surface area contributed by atoms with Gasteiger partial charge < -0.3 is 10.1 Å². The molecule has 23 heavy (non-hydrogen) atoms. The number of rotatable bonds is 8. The number of nitrogens with zero attached hydrogens (tertiary/aromatic N) is 2. The van der Waals surface area contributed by atoms with E-state index in [4.69, 9.17) is 4.74 Å². The average Bonchev–Trinajstić information content (AvgIpc) is 2.54. The molecule has 0 saturated carbocycles. The number of nitrogens with one attached hydrogen (secondary N) is 2. The van der Waals surface area contributed by atoms with E-state index in [1.54, 1.807) is 6.20 Å². The molecule has 2 heterocycles. The van der Waals surface area contributed by atoms with Crippen LogP contribution in [0.3, 0.4) is 0 Å². The van der Waals surface area contributed by atoms with Crippen LogP contribution < -0.4 is 10.0 Å². The summed E-state index contributed by atoms with van der Waals surface area (Å²) in [7, 11) is -3.44. The van der Waals surface area contributed by atoms with Crippen LogP contribution in [-0.4, -0.2) is 56.1 Å². The lowest BCUT2D eigenvalue weighted by atomic mass is 10.2. The summed E-state index contributed by atoms with van der Waals surface area (Å²) in [5.74, 6) is 0. The lowest BCUT2D eigenvalue weighted by molar-refractivity contribution is -0.0174. The number of ether oxygens (including phenoxy) is 1. The first kappa shape index (κ1) is 18.3. The van der Waals surface area contributed by atoms with Gasteiger partial charge in [0.15, 0.2) is 0 Å². The van der Waals surface area contributed by atoms with Gasteiger partial charge in [-0.25, -0.2) is 4.72 Å². The molecule has 0 spiro atoms. The maximum absolute atomic E-state index is 12.3. The summed E-state index contributed by atoms with van der Waals surface area (Å²) >= 11 is 0. The Balaban J connectivity index is 1.66. The van der Waals surface area contributed by atoms with Crippen molar-refractivity contribution in [1.29, 1.82) is 0 Å². The molecular weight excluding hydrogens is 316 g/mol. The number of hydrogen-bond donors (Lipinski definition) is 2. The Hall–Kier alpha value is -1.06. The highest BCUT2D eigenvalue weighted by Gasteiger charge is 2.32. The van der Waals surface area contributed by atoms with E-state index in [2.05, 4.69) is 15.0 Å². The summed E-state index contributed by atoms with van der Waals surface area (Å²) in [6.07, 6.45) is 4.22. The second-order valence-corrected chi connectivity index (χ2v) is 7.56. The molecule has 1 aromatic heterocycles. The maximum Gasteiger partial charge on any atom is 0.279 e. The summed E-state index contributed by atoms with van der Waals surface area (Å²) in [6.45, 7) is 6.48. The first-order valence-electron chi connectivity index (χ1n) is 7.96. The molecule has 8 heteroatoms. The number of morpholine rings is 1. The van der Waals surface area contributed by atoms with Crippen LogP contribution in [0.5, 0.6) is 0 Å². The van der Waals surface area contributed by atoms with Crippen molar-refractivity contribution in [2.75, 3.05) is 26.2 Å². The molecule has 1 fully saturated rings. The smallest absolute Gasteiger partial charge is 0.279 e. The molecule has 2 unspecified atom stereocenters. The Kier molecular flexibility index (Phi) is 6.91. The minimum absolute atomic E-state index is 0.0658. The van der Waals surface area contributed by atoms with Gasteiger partial charge in [-0.2, -0.15) is 12.7 Å². The van der Waals surface area contributed by atoms with E-state index in [-0.39, 0.29) is 12.1 Å². The van der Waals surface area contributed by atoms with Gasteiger partial charge in [0.05, 0.1) is 12.7 Å². The highest BCUT2D eigenvalue weighted by atomic mass is 32.2. The normalized spacial score (nSPS) is 23.0. The maximum atomic E-state index is 12.3. The lowest BCUT2D eigenvalue weighted by Crippen LogP contribution is -2.54. The summed E-state index contributed by atoms with van der Waals surface area (Å²) in [4.78, 5) is 4.05. The zero-order valence-corrected chi connectivity index (χ0v) is 14.6. The van der Waals surface area contributed by atoms with Crippen LogP contribution in [-0.2, 0) is 21.5 Å². The van der Waals surface area contributed by atoms with E-state index in [1.807, 2.05) is 32.2 Å². The highest BCUT2D eigenvalue weighted by molar-refractivity contribution is 7.87. The van der Waals surface area contributed by atoms with Crippen molar-refractivity contribution >= 4 is 10.2 Å². The van der Waals surface area contributed by atoms with Crippen LogP contribution in [0, 0.1) is 0 Å². The zero-order chi connectivity index (χ0) is 16.7. The van der Waals surface area contributed by atoms with E-state index in [0.29, 0.717) is 19.7 Å². The molecule has 130 valence electrons. The predicted molar refractivity (Wildman–Crippen MR) is 89.1 cm³/mol. The fourth-order valence-corrected chi connectivity index (χ4v) is 3.95. The standard InChI is InChI=1S/C15H26N4O3S/c1-13-12-22-14(2)11-19(13)23(20,21)18-8-4-7-17-10-15-5-3-6-16-9-15/h3,5-6,9,13-14,17-18H,4,7-8,10-12H2,1-2H3. The molecule has 1 saturated heterocycles. The van der Waals surface area contributed by atoms with Crippen LogP contribution in [0.15, 0.2) is 24.5 Å². The third kappa shape index (κ3) is 5.82. The average molecular weight is 342 g/mol. The van der Waals surface area contributed by atoms with E-state index >= 15 is 0 Å². The van der Waals surface area contributed by atoms with Gasteiger partial charge in [-0.05, 0) is 38.4 Å². The molecule has 0 aliphatic carbocycles. The quantitative estimate of drug-likeness (QED) is 0.673. The summed E-state index contributed by atoms with van der Waals surface area (Å²) in [6, 6.07) is 3.77. The minimum atomic E-state index is -3.44. The second kappa shape index (κ2) is 8.70. The van der Waals surface area contributed by atoms with Crippen molar-refractivity contribution in [2.24, 2.45) is 0 Å². The van der Waals surface area contributed by atoms with Gasteiger partial charge in [-0.1, -0.05) is 6.07 Å². The summed E-state index contributed by atoms with van der Waals surface area (Å²) in [5, 5.41) is 3.27. The third-order valence-corrected chi connectivity index (χ3v) is 5.42. The van der Waals surface area contributed by atoms with Crippen LogP contribution >= 0.6 is 0 Å². The third-order valence-electron chi connectivity index (χ3n) is 3.73. The zero-order valence-electron chi connectivity index (χ0n) is 13.7. The molecule has 1 aliphatic heterocycles. The van der Waals surface area contributed by atoms with Crippen molar-refractivity contribution in [3.8, 4) is 0 Å². The van der Waals surface area contributed by atoms with Gasteiger partial charge in [0.25, 0.3) is 10.2 Å². The Morgan fingerprint density at radius 2 is 2.22 bits per heavy atom. The van der Waals surface area contributed by atoms with Crippen LogP contribution in [0.25, 0.3) is 0 Å². The van der Waals surface area contributed by atoms with Crippen molar-refractivity contribution in [3.63, 3.8) is 0 Å². The first-order valence-corrected chi connectivity index (χ1v) is 9.40. The van der Waals surface area contributed by atoms with Gasteiger partial charge in [-0.3, -0.25) is 4.98 Å². The summed E-state index contributed by atoms with van der Waals surface area (Å²) in [5.41, 5.74) is 1.12. The van der Waals surface area contributed by atoms with Crippen molar-refractivity contribution in [3.05, 3.63) is 30.1 Å². The van der Waals surface area contributed by atoms with E-state index in [0.717, 1.165) is 25.1 Å². The fraction of sp³-hybridized carbons (Fsp3) is 0.667. The lowest BCUT2D eigenvalue weighted by Gasteiger charge is -2.35. The number of hydrogen-bond acceptors (Lipinski definition) is 5. The molecule has 1 aromatic rings. The highest BCUT2D eigenvalue weighted by Crippen LogP contribution is 2.14. The molecule has 1 aliphatic rings. The van der Waals surface area contributed by atoms with Gasteiger partial charge in [0, 0.05) is 38.1 Å². The van der Waals surface area contributed by atoms with E-state index in [9.17, 15) is 8.42 Å². The van der Waals surface area contributed by atoms with Crippen molar-refractivity contribution in [2.45, 2.75) is 39.0 Å². The number of aromatic nitrogens is 1. The minimum Gasteiger partial charge on any atom is -0.375 e. The van der Waals surface area contributed by atoms with Gasteiger partial charge in [0.1, 0.15) is 0 Å². The SMILES string of the molecule is CC1CN(S(=O)(=O)NCCCNCc2cccnc2)C(C)CO1. The molecule has 0 amide bonds. The molecule has 0 radical (unpaired) electrons. The second-order valence-electron chi connectivity index (χ2n) is 5.85. The van der Waals surface area contributed by atoms with E-state index < -0.39 is 10.2 Å². The Bertz CT molecular complexity index is 567. The van der Waals surface area contributed by atoms with Gasteiger partial charge in [-0.15, -0.1) is 0 Å². The monoisotopic (exact) mass is 342 g/mol. The molecular formula is C15H26N4O3S. The van der Waals surface area contributed by atoms with E-state index in [1.165, 1.54) is 4.31 Å². The van der Waals surface area contributed by atoms with Gasteiger partial charge >= 0.3 is 0 Å². The molecule has 0 aromatic carbocycles. The van der Waals surface area contributed by atoms with Crippen molar-refractivity contribution in [1.82, 2.24) is 19.3 Å². The van der Waals surface area contributed by atoms with Crippen LogP contribution in [0.2, 0.25) is 0 Å². The molecule has 2 rings (SSSR count). The Morgan fingerprint density at radius 3 is 2.96 bits per heavy atom. The van der Waals surface area contributed by atoms with Crippen LogP contribution in [0.4, 0.5) is 0 Å². The predicted octanol–water partition coefficient (Wildman–Crippen LogP) is 0.505.